The number of nitrogens with zero attached hydrogens (tertiary/aromatic N) is 2. The van der Waals surface area contributed by atoms with Crippen molar-refractivity contribution in [2.45, 2.75) is 66.5 Å². The zero-order valence-electron chi connectivity index (χ0n) is 19.1. The van der Waals surface area contributed by atoms with Gasteiger partial charge in [0.1, 0.15) is 11.6 Å². The predicted octanol–water partition coefficient (Wildman–Crippen LogP) is 3.53. The average molecular weight is 418 g/mol. The lowest BCUT2D eigenvalue weighted by atomic mass is 10.0. The molecule has 0 saturated heterocycles. The minimum Gasteiger partial charge on any atom is -0.451 e. The Bertz CT molecular complexity index is 787. The number of aryl methyl sites for hydroxylation is 1. The molecule has 7 heteroatoms. The van der Waals surface area contributed by atoms with Crippen molar-refractivity contribution < 1.29 is 19.1 Å². The summed E-state index contributed by atoms with van der Waals surface area (Å²) in [7, 11) is 1.64. The average Bonchev–Trinajstić information content (AvgIpc) is 2.94. The molecule has 0 aliphatic heterocycles. The van der Waals surface area contributed by atoms with E-state index in [1.807, 2.05) is 32.9 Å². The lowest BCUT2D eigenvalue weighted by Gasteiger charge is -2.14. The van der Waals surface area contributed by atoms with E-state index in [0.717, 1.165) is 36.2 Å². The fourth-order valence-electron chi connectivity index (χ4n) is 3.22. The first kappa shape index (κ1) is 25.4. The quantitative estimate of drug-likeness (QED) is 0.319. The third kappa shape index (κ3) is 8.42. The van der Waals surface area contributed by atoms with Crippen LogP contribution in [0.2, 0.25) is 0 Å². The van der Waals surface area contributed by atoms with Gasteiger partial charge in [0.25, 0.3) is 5.91 Å². The third-order valence-electron chi connectivity index (χ3n) is 4.93. The summed E-state index contributed by atoms with van der Waals surface area (Å²) in [4.78, 5) is 24.3. The topological polar surface area (TPSA) is 93.3 Å². The summed E-state index contributed by atoms with van der Waals surface area (Å²) in [6.07, 6.45) is 4.51. The Hall–Kier alpha value is -2.59. The number of methoxy groups -OCH3 is 1. The summed E-state index contributed by atoms with van der Waals surface area (Å²) in [6, 6.07) is 3.79. The fourth-order valence-corrected chi connectivity index (χ4v) is 3.22. The molecule has 1 rings (SSSR count). The van der Waals surface area contributed by atoms with Crippen LogP contribution < -0.4 is 5.32 Å². The molecule has 1 aromatic rings. The van der Waals surface area contributed by atoms with E-state index in [2.05, 4.69) is 23.7 Å². The van der Waals surface area contributed by atoms with Gasteiger partial charge in [0, 0.05) is 31.1 Å². The number of hydrogen-bond acceptors (Lipinski definition) is 5. The summed E-state index contributed by atoms with van der Waals surface area (Å²) in [6.45, 7) is 11.0. The number of amides is 1. The van der Waals surface area contributed by atoms with Gasteiger partial charge in [0.05, 0.1) is 6.61 Å². The zero-order valence-corrected chi connectivity index (χ0v) is 19.1. The maximum Gasteiger partial charge on any atom is 0.349 e. The van der Waals surface area contributed by atoms with Crippen LogP contribution in [0, 0.1) is 31.1 Å². The zero-order chi connectivity index (χ0) is 22.7. The molecule has 1 amide bonds. The lowest BCUT2D eigenvalue weighted by molar-refractivity contribution is -0.144. The maximum absolute atomic E-state index is 12.3. The van der Waals surface area contributed by atoms with Gasteiger partial charge in [-0.25, -0.2) is 4.79 Å². The van der Waals surface area contributed by atoms with E-state index in [-0.39, 0.29) is 17.5 Å². The van der Waals surface area contributed by atoms with Gasteiger partial charge in [0.2, 0.25) is 0 Å². The molecule has 1 N–H and O–H groups in total. The molecule has 0 aliphatic carbocycles. The molecule has 1 heterocycles. The second-order valence-corrected chi connectivity index (χ2v) is 8.01. The molecule has 0 aliphatic rings. The molecule has 7 nitrogen and oxygen atoms in total. The Kier molecular flexibility index (Phi) is 10.9. The van der Waals surface area contributed by atoms with E-state index >= 15 is 0 Å². The van der Waals surface area contributed by atoms with Crippen molar-refractivity contribution >= 4 is 18.0 Å². The number of nitriles is 1. The summed E-state index contributed by atoms with van der Waals surface area (Å²) >= 11 is 0. The minimum atomic E-state index is -0.804. The maximum atomic E-state index is 12.3. The van der Waals surface area contributed by atoms with Crippen LogP contribution in [0.4, 0.5) is 0 Å². The molecule has 1 aromatic heterocycles. The second-order valence-electron chi connectivity index (χ2n) is 8.01. The van der Waals surface area contributed by atoms with Gasteiger partial charge in [-0.15, -0.1) is 0 Å². The number of esters is 1. The van der Waals surface area contributed by atoms with Crippen LogP contribution in [0.1, 0.15) is 57.0 Å². The molecule has 1 atom stereocenters. The van der Waals surface area contributed by atoms with Crippen molar-refractivity contribution in [1.29, 1.82) is 5.26 Å². The second kappa shape index (κ2) is 12.9. The van der Waals surface area contributed by atoms with Crippen LogP contribution >= 0.6 is 0 Å². The van der Waals surface area contributed by atoms with Crippen molar-refractivity contribution in [3.05, 3.63) is 28.6 Å². The highest BCUT2D eigenvalue weighted by molar-refractivity contribution is 5.99. The van der Waals surface area contributed by atoms with Crippen LogP contribution in [-0.2, 0) is 25.6 Å². The van der Waals surface area contributed by atoms with E-state index in [4.69, 9.17) is 9.47 Å². The SMILES string of the molecule is COCCn1c(C)cc(/C=C(\C#N)C(=O)OCC(=O)NC(C)CCCC(C)C)c1C. The van der Waals surface area contributed by atoms with E-state index < -0.39 is 12.6 Å². The van der Waals surface area contributed by atoms with Gasteiger partial charge >= 0.3 is 5.97 Å². The van der Waals surface area contributed by atoms with E-state index in [0.29, 0.717) is 19.1 Å². The molecule has 0 bridgehead atoms. The fraction of sp³-hybridized carbons (Fsp3) is 0.609. The van der Waals surface area contributed by atoms with Gasteiger partial charge < -0.3 is 19.4 Å². The Morgan fingerprint density at radius 2 is 1.97 bits per heavy atom. The van der Waals surface area contributed by atoms with Gasteiger partial charge in [-0.2, -0.15) is 5.26 Å². The first-order chi connectivity index (χ1) is 14.2. The van der Waals surface area contributed by atoms with Gasteiger partial charge in [0.15, 0.2) is 6.61 Å². The third-order valence-corrected chi connectivity index (χ3v) is 4.93. The molecule has 1 unspecified atom stereocenters. The summed E-state index contributed by atoms with van der Waals surface area (Å²) in [5.41, 5.74) is 2.56. The standard InChI is InChI=1S/C23H35N3O4/c1-16(2)8-7-9-17(3)25-22(27)15-30-23(28)21(14-24)13-20-12-18(4)26(19(20)5)10-11-29-6/h12-13,16-17H,7-11,15H2,1-6H3,(H,25,27)/b21-13+. The molecule has 0 spiro atoms. The van der Waals surface area contributed by atoms with E-state index in [9.17, 15) is 14.9 Å². The van der Waals surface area contributed by atoms with Crippen LogP contribution in [0.25, 0.3) is 6.08 Å². The van der Waals surface area contributed by atoms with Crippen LogP contribution in [0.3, 0.4) is 0 Å². The van der Waals surface area contributed by atoms with Crippen molar-refractivity contribution in [3.8, 4) is 6.07 Å². The smallest absolute Gasteiger partial charge is 0.349 e. The highest BCUT2D eigenvalue weighted by Gasteiger charge is 2.16. The number of nitrogens with one attached hydrogen (secondary N) is 1. The largest absolute Gasteiger partial charge is 0.451 e. The van der Waals surface area contributed by atoms with Crippen LogP contribution in [-0.4, -0.2) is 42.8 Å². The highest BCUT2D eigenvalue weighted by Crippen LogP contribution is 2.18. The minimum absolute atomic E-state index is 0.0124. The molecule has 30 heavy (non-hydrogen) atoms. The summed E-state index contributed by atoms with van der Waals surface area (Å²) < 4.78 is 12.2. The molecule has 0 aromatic carbocycles. The number of carbonyl (C=O) groups is 2. The molecule has 0 saturated carbocycles. The highest BCUT2D eigenvalue weighted by atomic mass is 16.5. The molecule has 0 radical (unpaired) electrons. The van der Waals surface area contributed by atoms with Gasteiger partial charge in [-0.1, -0.05) is 26.7 Å². The van der Waals surface area contributed by atoms with Crippen molar-refractivity contribution in [2.75, 3.05) is 20.3 Å². The summed E-state index contributed by atoms with van der Waals surface area (Å²) in [5, 5.41) is 12.2. The molecule has 0 fully saturated rings. The monoisotopic (exact) mass is 417 g/mol. The van der Waals surface area contributed by atoms with Gasteiger partial charge in [-0.05, 0) is 50.8 Å². The van der Waals surface area contributed by atoms with Gasteiger partial charge in [-0.3, -0.25) is 4.79 Å². The number of carbonyl (C=O) groups excluding carboxylic acids is 2. The molecular weight excluding hydrogens is 382 g/mol. The first-order valence-corrected chi connectivity index (χ1v) is 10.4. The molecular formula is C23H35N3O4. The van der Waals surface area contributed by atoms with Crippen LogP contribution in [0.15, 0.2) is 11.6 Å². The lowest BCUT2D eigenvalue weighted by Crippen LogP contribution is -2.36. The normalized spacial score (nSPS) is 12.5. The Labute approximate surface area is 180 Å². The van der Waals surface area contributed by atoms with Crippen molar-refractivity contribution in [3.63, 3.8) is 0 Å². The number of hydrogen-bond donors (Lipinski definition) is 1. The number of ether oxygens (including phenoxy) is 2. The Morgan fingerprint density at radius 1 is 1.27 bits per heavy atom. The van der Waals surface area contributed by atoms with Crippen LogP contribution in [0.5, 0.6) is 0 Å². The summed E-state index contributed by atoms with van der Waals surface area (Å²) in [5.74, 6) is -0.536. The first-order valence-electron chi connectivity index (χ1n) is 10.4. The van der Waals surface area contributed by atoms with E-state index in [1.165, 1.54) is 6.08 Å². The molecule has 166 valence electrons. The Morgan fingerprint density at radius 3 is 2.57 bits per heavy atom. The predicted molar refractivity (Wildman–Crippen MR) is 117 cm³/mol. The van der Waals surface area contributed by atoms with Crippen molar-refractivity contribution in [2.24, 2.45) is 5.92 Å². The van der Waals surface area contributed by atoms with Crippen molar-refractivity contribution in [1.82, 2.24) is 9.88 Å². The number of aromatic nitrogens is 1. The van der Waals surface area contributed by atoms with E-state index in [1.54, 1.807) is 7.11 Å². The Balaban J connectivity index is 2.65. The number of rotatable bonds is 12.